The number of likely N-dealkylation sites (N-methyl/N-ethyl adjacent to an activating group) is 1. The number of nitrogens with zero attached hydrogens (tertiary/aromatic N) is 1. The average Bonchev–Trinajstić information content (AvgIpc) is 3.71. The van der Waals surface area contributed by atoms with Gasteiger partial charge in [-0.1, -0.05) is 347 Å². The first-order valence-electron chi connectivity index (χ1n) is 36.9. The van der Waals surface area contributed by atoms with Crippen LogP contribution in [0.5, 0.6) is 0 Å². The van der Waals surface area contributed by atoms with Gasteiger partial charge in [-0.25, -0.2) is 4.57 Å². The van der Waals surface area contributed by atoms with Gasteiger partial charge >= 0.3 is 7.82 Å². The van der Waals surface area contributed by atoms with Crippen LogP contribution in [0.15, 0.2) is 122 Å². The van der Waals surface area contributed by atoms with Crippen LogP contribution in [0.1, 0.15) is 322 Å². The molecule has 0 bridgehead atoms. The second-order valence-electron chi connectivity index (χ2n) is 25.9. The molecule has 0 aliphatic carbocycles. The molecule has 3 N–H and O–H groups in total. The van der Waals surface area contributed by atoms with Crippen molar-refractivity contribution < 1.29 is 32.9 Å². The molecular weight excluding hydrogens is 1100 g/mol. The first-order valence-corrected chi connectivity index (χ1v) is 38.4. The minimum atomic E-state index is -4.36. The fraction of sp³-hybridized carbons (Fsp3) is 0.734. The van der Waals surface area contributed by atoms with E-state index in [-0.39, 0.29) is 19.1 Å². The summed E-state index contributed by atoms with van der Waals surface area (Å²) in [5.74, 6) is -0.178. The fourth-order valence-electron chi connectivity index (χ4n) is 10.5. The number of rotatable bonds is 67. The summed E-state index contributed by atoms with van der Waals surface area (Å²) in [6.45, 7) is 4.73. The number of aliphatic hydroxyl groups excluding tert-OH is 1. The van der Waals surface area contributed by atoms with Crippen LogP contribution in [0.4, 0.5) is 0 Å². The van der Waals surface area contributed by atoms with Crippen molar-refractivity contribution in [3.8, 4) is 0 Å². The third kappa shape index (κ3) is 70.4. The predicted octanol–water partition coefficient (Wildman–Crippen LogP) is 24.0. The molecule has 0 aromatic heterocycles. The molecule has 0 radical (unpaired) electrons. The van der Waals surface area contributed by atoms with Gasteiger partial charge in [0.15, 0.2) is 0 Å². The third-order valence-electron chi connectivity index (χ3n) is 16.2. The lowest BCUT2D eigenvalue weighted by Gasteiger charge is -2.25. The van der Waals surface area contributed by atoms with E-state index in [0.29, 0.717) is 17.4 Å². The monoisotopic (exact) mass is 1250 g/mol. The number of nitrogens with one attached hydrogen (secondary N) is 1. The summed E-state index contributed by atoms with van der Waals surface area (Å²) < 4.78 is 23.8. The molecule has 508 valence electrons. The molecule has 3 atom stereocenters. The summed E-state index contributed by atoms with van der Waals surface area (Å²) in [6.07, 6.45) is 102. The second-order valence-corrected chi connectivity index (χ2v) is 27.4. The SMILES string of the molecule is CC/C=C\C/C=C\C/C=C\C/C=C\C/C=C\C/C=C\C/C=C\C/C=C\C/C=C\CCCCCCCCCCCCCCCC(=O)NC(COP(=O)(O)OCC[N+](C)(C)C)C(O)/C=C/CCCCCCCCCCCCCCCCCCCCCCCCC. The Morgan fingerprint density at radius 3 is 1.00 bits per heavy atom. The minimum absolute atomic E-state index is 0.0578. The van der Waals surface area contributed by atoms with E-state index in [1.807, 2.05) is 27.2 Å². The van der Waals surface area contributed by atoms with E-state index < -0.39 is 20.0 Å². The van der Waals surface area contributed by atoms with Crippen molar-refractivity contribution >= 4 is 13.7 Å². The smallest absolute Gasteiger partial charge is 0.387 e. The van der Waals surface area contributed by atoms with E-state index >= 15 is 0 Å². The Morgan fingerprint density at radius 1 is 0.398 bits per heavy atom. The van der Waals surface area contributed by atoms with Crippen LogP contribution in [-0.4, -0.2) is 73.4 Å². The van der Waals surface area contributed by atoms with Crippen molar-refractivity contribution in [1.29, 1.82) is 0 Å². The molecule has 0 heterocycles. The summed E-state index contributed by atoms with van der Waals surface area (Å²) in [5, 5.41) is 14.0. The van der Waals surface area contributed by atoms with Gasteiger partial charge < -0.3 is 19.8 Å². The lowest BCUT2D eigenvalue weighted by atomic mass is 10.0. The molecule has 0 aliphatic rings. The van der Waals surface area contributed by atoms with Crippen LogP contribution in [0.3, 0.4) is 0 Å². The highest BCUT2D eigenvalue weighted by Gasteiger charge is 2.28. The number of phosphoric acid groups is 1. The van der Waals surface area contributed by atoms with Crippen LogP contribution in [0.25, 0.3) is 0 Å². The lowest BCUT2D eigenvalue weighted by molar-refractivity contribution is -0.870. The molecule has 0 saturated heterocycles. The Balaban J connectivity index is 4.06. The van der Waals surface area contributed by atoms with Crippen molar-refractivity contribution in [2.24, 2.45) is 0 Å². The van der Waals surface area contributed by atoms with Gasteiger partial charge in [0.25, 0.3) is 0 Å². The van der Waals surface area contributed by atoms with E-state index in [4.69, 9.17) is 9.05 Å². The highest BCUT2D eigenvalue weighted by Crippen LogP contribution is 2.43. The van der Waals surface area contributed by atoms with E-state index in [0.717, 1.165) is 96.3 Å². The highest BCUT2D eigenvalue weighted by atomic mass is 31.2. The molecule has 1 amide bonds. The molecule has 0 aromatic rings. The Kier molecular flexibility index (Phi) is 65.9. The standard InChI is InChI=1S/C79H141N2O6P/c1-6-8-10-12-14-16-18-20-22-24-26-28-30-32-33-34-35-36-37-38-39-40-41-42-43-44-45-46-47-49-51-53-55-57-59-61-63-65-67-69-71-73-79(83)80-77(76-87-88(84,85)86-75-74-81(3,4)5)78(82)72-70-68-66-64-62-60-58-56-54-52-50-48-31-29-27-25-23-21-19-17-15-13-11-9-7-2/h8,10,14,16,20,22,26,28,32-33,35-36,38-39,41-42,44-45,70,72,77-78,82H,6-7,9,11-13,15,17-19,21,23-25,27,29-31,34,37,40,43,46-69,71,73-76H2,1-5H3,(H-,80,83,84,85)/p+1/b10-8-,16-14-,22-20-,28-26-,33-32-,36-35-,39-38-,42-41-,45-44-,72-70+. The van der Waals surface area contributed by atoms with Gasteiger partial charge in [-0.3, -0.25) is 13.8 Å². The number of carbonyl (C=O) groups is 1. The van der Waals surface area contributed by atoms with Crippen LogP contribution < -0.4 is 5.32 Å². The summed E-state index contributed by atoms with van der Waals surface area (Å²) in [7, 11) is 1.57. The molecule has 88 heavy (non-hydrogen) atoms. The summed E-state index contributed by atoms with van der Waals surface area (Å²) in [4.78, 5) is 23.5. The van der Waals surface area contributed by atoms with E-state index in [9.17, 15) is 19.4 Å². The molecule has 0 spiro atoms. The molecule has 0 aliphatic heterocycles. The van der Waals surface area contributed by atoms with Gasteiger partial charge in [0.2, 0.25) is 5.91 Å². The number of allylic oxidation sites excluding steroid dienone is 19. The second kappa shape index (κ2) is 68.3. The molecule has 0 saturated carbocycles. The van der Waals surface area contributed by atoms with Crippen molar-refractivity contribution in [3.63, 3.8) is 0 Å². The Labute approximate surface area is 545 Å². The first-order chi connectivity index (χ1) is 43.0. The van der Waals surface area contributed by atoms with Crippen LogP contribution in [-0.2, 0) is 18.4 Å². The zero-order valence-electron chi connectivity index (χ0n) is 58.2. The lowest BCUT2D eigenvalue weighted by Crippen LogP contribution is -2.45. The molecule has 0 fully saturated rings. The number of quaternary nitrogens is 1. The number of unbranched alkanes of at least 4 members (excludes halogenated alkanes) is 36. The van der Waals surface area contributed by atoms with Gasteiger partial charge in [-0.2, -0.15) is 0 Å². The van der Waals surface area contributed by atoms with E-state index in [2.05, 4.69) is 129 Å². The van der Waals surface area contributed by atoms with Crippen molar-refractivity contribution in [2.75, 3.05) is 40.9 Å². The molecular formula is C79H142N2O6P+. The number of carbonyl (C=O) groups excluding carboxylic acids is 1. The van der Waals surface area contributed by atoms with Gasteiger partial charge in [0, 0.05) is 6.42 Å². The van der Waals surface area contributed by atoms with Gasteiger partial charge in [0.05, 0.1) is 39.9 Å². The molecule has 3 unspecified atom stereocenters. The first kappa shape index (κ1) is 84.9. The number of hydrogen-bond acceptors (Lipinski definition) is 5. The van der Waals surface area contributed by atoms with Gasteiger partial charge in [-0.05, 0) is 89.9 Å². The maximum atomic E-state index is 13.1. The van der Waals surface area contributed by atoms with Crippen LogP contribution in [0.2, 0.25) is 0 Å². The number of aliphatic hydroxyl groups is 1. The van der Waals surface area contributed by atoms with Crippen molar-refractivity contribution in [2.45, 2.75) is 334 Å². The largest absolute Gasteiger partial charge is 0.472 e. The Morgan fingerprint density at radius 2 is 0.682 bits per heavy atom. The normalized spacial score (nSPS) is 14.3. The quantitative estimate of drug-likeness (QED) is 0.0243. The van der Waals surface area contributed by atoms with Crippen molar-refractivity contribution in [3.05, 3.63) is 122 Å². The predicted molar refractivity (Wildman–Crippen MR) is 387 cm³/mol. The van der Waals surface area contributed by atoms with Crippen LogP contribution >= 0.6 is 7.82 Å². The molecule has 0 aromatic carbocycles. The Bertz CT molecular complexity index is 1850. The minimum Gasteiger partial charge on any atom is -0.387 e. The zero-order valence-corrected chi connectivity index (χ0v) is 59.1. The Hall–Kier alpha value is -3.10. The summed E-state index contributed by atoms with van der Waals surface area (Å²) in [6, 6.07) is -0.855. The van der Waals surface area contributed by atoms with E-state index in [1.165, 1.54) is 205 Å². The zero-order chi connectivity index (χ0) is 64.1. The maximum absolute atomic E-state index is 13.1. The highest BCUT2D eigenvalue weighted by molar-refractivity contribution is 7.47. The third-order valence-corrected chi connectivity index (χ3v) is 17.2. The summed E-state index contributed by atoms with van der Waals surface area (Å²) in [5.41, 5.74) is 0. The maximum Gasteiger partial charge on any atom is 0.472 e. The van der Waals surface area contributed by atoms with Crippen molar-refractivity contribution in [1.82, 2.24) is 5.32 Å². The van der Waals surface area contributed by atoms with Crippen LogP contribution in [0, 0.1) is 0 Å². The number of hydrogen-bond donors (Lipinski definition) is 3. The van der Waals surface area contributed by atoms with Gasteiger partial charge in [-0.15, -0.1) is 0 Å². The fourth-order valence-corrected chi connectivity index (χ4v) is 11.2. The average molecular weight is 1250 g/mol. The molecule has 0 rings (SSSR count). The molecule has 9 heteroatoms. The van der Waals surface area contributed by atoms with Gasteiger partial charge in [0.1, 0.15) is 13.2 Å². The number of phosphoric ester groups is 1. The molecule has 8 nitrogen and oxygen atoms in total. The number of amides is 1. The summed E-state index contributed by atoms with van der Waals surface area (Å²) >= 11 is 0. The topological polar surface area (TPSA) is 105 Å². The van der Waals surface area contributed by atoms with E-state index in [1.54, 1.807) is 6.08 Å².